The monoisotopic (exact) mass is 398 g/mol. The van der Waals surface area contributed by atoms with Crippen LogP contribution in [0.5, 0.6) is 0 Å². The molecule has 0 aromatic rings. The van der Waals surface area contributed by atoms with E-state index in [1.165, 1.54) is 6.42 Å². The molecule has 20 heavy (non-hydrogen) atoms. The van der Waals surface area contributed by atoms with E-state index < -0.39 is 0 Å². The Hall–Kier alpha value is -0.0800. The van der Waals surface area contributed by atoms with E-state index in [4.69, 9.17) is 4.74 Å². The van der Waals surface area contributed by atoms with Gasteiger partial charge in [-0.05, 0) is 33.2 Å². The van der Waals surface area contributed by atoms with Crippen molar-refractivity contribution >= 4 is 29.9 Å². The van der Waals surface area contributed by atoms with E-state index >= 15 is 0 Å². The second-order valence-corrected chi connectivity index (χ2v) is 5.24. The van der Waals surface area contributed by atoms with Crippen molar-refractivity contribution in [3.8, 4) is 0 Å². The standard InChI is InChI=1S/C14H30N4O.HI/c1-5-18(12(2)3)9-8-16-14(15-4)17-11-13-7-6-10-19-13;/h12-13H,5-11H2,1-4H3,(H2,15,16,17);1H. The molecule has 1 saturated heterocycles. The highest BCUT2D eigenvalue weighted by Gasteiger charge is 2.15. The lowest BCUT2D eigenvalue weighted by atomic mass is 10.2. The van der Waals surface area contributed by atoms with Crippen molar-refractivity contribution in [3.05, 3.63) is 0 Å². The summed E-state index contributed by atoms with van der Waals surface area (Å²) in [5.74, 6) is 0.871. The molecule has 0 aliphatic carbocycles. The Kier molecular flexibility index (Phi) is 11.5. The fourth-order valence-electron chi connectivity index (χ4n) is 2.34. The molecular formula is C14H31IN4O. The molecule has 0 spiro atoms. The summed E-state index contributed by atoms with van der Waals surface area (Å²) in [5.41, 5.74) is 0. The van der Waals surface area contributed by atoms with E-state index in [1.807, 2.05) is 7.05 Å². The molecule has 0 bridgehead atoms. The molecule has 1 heterocycles. The molecule has 6 heteroatoms. The maximum atomic E-state index is 5.59. The van der Waals surface area contributed by atoms with Crippen LogP contribution < -0.4 is 10.6 Å². The fraction of sp³-hybridized carbons (Fsp3) is 0.929. The summed E-state index contributed by atoms with van der Waals surface area (Å²) >= 11 is 0. The lowest BCUT2D eigenvalue weighted by Gasteiger charge is -2.25. The van der Waals surface area contributed by atoms with Gasteiger partial charge in [0.1, 0.15) is 0 Å². The van der Waals surface area contributed by atoms with E-state index in [9.17, 15) is 0 Å². The summed E-state index contributed by atoms with van der Waals surface area (Å²) in [7, 11) is 1.81. The zero-order valence-corrected chi connectivity index (χ0v) is 15.6. The summed E-state index contributed by atoms with van der Waals surface area (Å²) in [6.07, 6.45) is 2.68. The number of halogens is 1. The number of rotatable bonds is 7. The van der Waals surface area contributed by atoms with Gasteiger partial charge in [-0.1, -0.05) is 6.92 Å². The molecule has 2 N–H and O–H groups in total. The molecule has 0 radical (unpaired) electrons. The van der Waals surface area contributed by atoms with Gasteiger partial charge in [-0.25, -0.2) is 0 Å². The van der Waals surface area contributed by atoms with E-state index in [0.717, 1.165) is 45.2 Å². The Morgan fingerprint density at radius 2 is 2.15 bits per heavy atom. The lowest BCUT2D eigenvalue weighted by Crippen LogP contribution is -2.44. The first-order valence-corrected chi connectivity index (χ1v) is 7.47. The predicted molar refractivity (Wildman–Crippen MR) is 96.1 cm³/mol. The molecule has 5 nitrogen and oxygen atoms in total. The first kappa shape index (κ1) is 19.9. The molecule has 1 aliphatic rings. The molecule has 0 amide bonds. The van der Waals surface area contributed by atoms with Gasteiger partial charge in [0.25, 0.3) is 0 Å². The number of hydrogen-bond acceptors (Lipinski definition) is 3. The van der Waals surface area contributed by atoms with E-state index in [-0.39, 0.29) is 24.0 Å². The van der Waals surface area contributed by atoms with Crippen LogP contribution in [0.2, 0.25) is 0 Å². The van der Waals surface area contributed by atoms with Gasteiger partial charge in [0.05, 0.1) is 6.10 Å². The third kappa shape index (κ3) is 7.64. The summed E-state index contributed by atoms with van der Waals surface area (Å²) in [5, 5.41) is 6.68. The van der Waals surface area contributed by atoms with Gasteiger partial charge in [0, 0.05) is 39.3 Å². The molecule has 0 aromatic carbocycles. The molecule has 0 aromatic heterocycles. The zero-order chi connectivity index (χ0) is 14.1. The average Bonchev–Trinajstić information content (AvgIpc) is 2.90. The minimum Gasteiger partial charge on any atom is -0.376 e. The smallest absolute Gasteiger partial charge is 0.191 e. The fourth-order valence-corrected chi connectivity index (χ4v) is 2.34. The Morgan fingerprint density at radius 1 is 1.40 bits per heavy atom. The quantitative estimate of drug-likeness (QED) is 0.389. The van der Waals surface area contributed by atoms with Crippen LogP contribution in [0, 0.1) is 0 Å². The summed E-state index contributed by atoms with van der Waals surface area (Å²) in [6, 6.07) is 0.591. The Morgan fingerprint density at radius 3 is 2.65 bits per heavy atom. The van der Waals surface area contributed by atoms with Crippen molar-refractivity contribution < 1.29 is 4.74 Å². The number of hydrogen-bond donors (Lipinski definition) is 2. The first-order valence-electron chi connectivity index (χ1n) is 7.47. The third-order valence-electron chi connectivity index (χ3n) is 3.57. The van der Waals surface area contributed by atoms with Gasteiger partial charge in [-0.2, -0.15) is 0 Å². The van der Waals surface area contributed by atoms with Crippen molar-refractivity contribution in [1.29, 1.82) is 0 Å². The van der Waals surface area contributed by atoms with Crippen molar-refractivity contribution in [3.63, 3.8) is 0 Å². The number of aliphatic imine (C=N–C) groups is 1. The Balaban J connectivity index is 0.00000361. The minimum atomic E-state index is 0. The molecule has 1 rings (SSSR count). The topological polar surface area (TPSA) is 48.9 Å². The van der Waals surface area contributed by atoms with Crippen LogP contribution in [0.4, 0.5) is 0 Å². The number of guanidine groups is 1. The van der Waals surface area contributed by atoms with Gasteiger partial charge >= 0.3 is 0 Å². The highest BCUT2D eigenvalue weighted by atomic mass is 127. The minimum absolute atomic E-state index is 0. The van der Waals surface area contributed by atoms with Gasteiger partial charge in [0.2, 0.25) is 0 Å². The number of ether oxygens (including phenoxy) is 1. The normalized spacial score (nSPS) is 19.3. The average molecular weight is 398 g/mol. The Bertz CT molecular complexity index is 268. The summed E-state index contributed by atoms with van der Waals surface area (Å²) < 4.78 is 5.59. The van der Waals surface area contributed by atoms with Crippen LogP contribution in [0.25, 0.3) is 0 Å². The molecule has 1 atom stereocenters. The molecule has 0 saturated carbocycles. The van der Waals surface area contributed by atoms with Crippen LogP contribution >= 0.6 is 24.0 Å². The van der Waals surface area contributed by atoms with E-state index in [0.29, 0.717) is 12.1 Å². The number of likely N-dealkylation sites (N-methyl/N-ethyl adjacent to an activating group) is 1. The molecular weight excluding hydrogens is 367 g/mol. The van der Waals surface area contributed by atoms with Crippen LogP contribution in [-0.4, -0.2) is 62.8 Å². The maximum Gasteiger partial charge on any atom is 0.191 e. The van der Waals surface area contributed by atoms with Crippen LogP contribution in [0.15, 0.2) is 4.99 Å². The largest absolute Gasteiger partial charge is 0.376 e. The summed E-state index contributed by atoms with van der Waals surface area (Å²) in [4.78, 5) is 6.67. The maximum absolute atomic E-state index is 5.59. The molecule has 1 unspecified atom stereocenters. The number of nitrogens with one attached hydrogen (secondary N) is 2. The molecule has 1 fully saturated rings. The van der Waals surface area contributed by atoms with Crippen molar-refractivity contribution in [2.45, 2.75) is 45.8 Å². The predicted octanol–water partition coefficient (Wildman–Crippen LogP) is 1.68. The van der Waals surface area contributed by atoms with Gasteiger partial charge in [-0.3, -0.25) is 9.89 Å². The number of nitrogens with zero attached hydrogens (tertiary/aromatic N) is 2. The highest BCUT2D eigenvalue weighted by molar-refractivity contribution is 14.0. The second kappa shape index (κ2) is 11.6. The highest BCUT2D eigenvalue weighted by Crippen LogP contribution is 2.10. The molecule has 1 aliphatic heterocycles. The van der Waals surface area contributed by atoms with Gasteiger partial charge in [-0.15, -0.1) is 24.0 Å². The van der Waals surface area contributed by atoms with Crippen molar-refractivity contribution in [2.75, 3.05) is 39.8 Å². The van der Waals surface area contributed by atoms with Crippen molar-refractivity contribution in [2.24, 2.45) is 4.99 Å². The lowest BCUT2D eigenvalue weighted by molar-refractivity contribution is 0.113. The van der Waals surface area contributed by atoms with E-state index in [1.54, 1.807) is 0 Å². The van der Waals surface area contributed by atoms with Gasteiger partial charge < -0.3 is 15.4 Å². The Labute approximate surface area is 140 Å². The van der Waals surface area contributed by atoms with Crippen LogP contribution in [0.1, 0.15) is 33.6 Å². The van der Waals surface area contributed by atoms with Crippen LogP contribution in [0.3, 0.4) is 0 Å². The third-order valence-corrected chi connectivity index (χ3v) is 3.57. The SMILES string of the molecule is CCN(CCNC(=NC)NCC1CCCO1)C(C)C.I. The summed E-state index contributed by atoms with van der Waals surface area (Å²) in [6.45, 7) is 11.4. The van der Waals surface area contributed by atoms with Crippen LogP contribution in [-0.2, 0) is 4.74 Å². The first-order chi connectivity index (χ1) is 9.17. The molecule has 120 valence electrons. The van der Waals surface area contributed by atoms with Gasteiger partial charge in [0.15, 0.2) is 5.96 Å². The van der Waals surface area contributed by atoms with E-state index in [2.05, 4.69) is 41.3 Å². The zero-order valence-electron chi connectivity index (χ0n) is 13.3. The van der Waals surface area contributed by atoms with Crippen molar-refractivity contribution in [1.82, 2.24) is 15.5 Å². The second-order valence-electron chi connectivity index (χ2n) is 5.24.